The zero-order chi connectivity index (χ0) is 13.8. The van der Waals surface area contributed by atoms with Gasteiger partial charge in [0.15, 0.2) is 0 Å². The molecule has 1 unspecified atom stereocenters. The molecule has 0 N–H and O–H groups in total. The molecule has 1 atom stereocenters. The highest BCUT2D eigenvalue weighted by atomic mass is 15.2. The molecule has 1 saturated heterocycles. The third-order valence-corrected chi connectivity index (χ3v) is 4.11. The normalized spacial score (nSPS) is 20.2. The van der Waals surface area contributed by atoms with E-state index in [-0.39, 0.29) is 0 Å². The largest absolute Gasteiger partial charge is 0.357 e. The van der Waals surface area contributed by atoms with Gasteiger partial charge in [0.1, 0.15) is 5.82 Å². The maximum Gasteiger partial charge on any atom is 0.130 e. The van der Waals surface area contributed by atoms with Crippen LogP contribution in [0.4, 0.5) is 5.82 Å². The number of aromatic nitrogens is 1. The minimum absolute atomic E-state index is 0.715. The summed E-state index contributed by atoms with van der Waals surface area (Å²) >= 11 is 0. The Hall–Kier alpha value is -1.56. The van der Waals surface area contributed by atoms with Crippen LogP contribution in [0.1, 0.15) is 44.4 Å². The highest BCUT2D eigenvalue weighted by Crippen LogP contribution is 2.27. The summed E-state index contributed by atoms with van der Waals surface area (Å²) in [7, 11) is 0. The van der Waals surface area contributed by atoms with Crippen LogP contribution in [0, 0.1) is 30.1 Å². The molecule has 3 heteroatoms. The highest BCUT2D eigenvalue weighted by Gasteiger charge is 2.20. The van der Waals surface area contributed by atoms with Gasteiger partial charge in [-0.1, -0.05) is 13.8 Å². The van der Waals surface area contributed by atoms with Crippen LogP contribution in [-0.2, 0) is 0 Å². The smallest absolute Gasteiger partial charge is 0.130 e. The first-order valence-corrected chi connectivity index (χ1v) is 7.24. The summed E-state index contributed by atoms with van der Waals surface area (Å²) in [5.74, 6) is 2.56. The Kier molecular flexibility index (Phi) is 4.42. The molecule has 0 aromatic carbocycles. The Labute approximate surface area is 116 Å². The molecule has 1 aliphatic rings. The SMILES string of the molecule is Cc1cc(C#N)cc(N2CCCC(C(C)C)CC2)n1. The first-order chi connectivity index (χ1) is 9.10. The Morgan fingerprint density at radius 2 is 2.11 bits per heavy atom. The summed E-state index contributed by atoms with van der Waals surface area (Å²) in [4.78, 5) is 6.94. The van der Waals surface area contributed by atoms with Crippen molar-refractivity contribution in [2.75, 3.05) is 18.0 Å². The van der Waals surface area contributed by atoms with Crippen molar-refractivity contribution in [2.45, 2.75) is 40.0 Å². The number of hydrogen-bond donors (Lipinski definition) is 0. The fraction of sp³-hybridized carbons (Fsp3) is 0.625. The van der Waals surface area contributed by atoms with Gasteiger partial charge in [0.05, 0.1) is 11.6 Å². The summed E-state index contributed by atoms with van der Waals surface area (Å²) in [6.07, 6.45) is 3.76. The minimum atomic E-state index is 0.715. The van der Waals surface area contributed by atoms with Crippen molar-refractivity contribution in [3.8, 4) is 6.07 Å². The van der Waals surface area contributed by atoms with Crippen molar-refractivity contribution < 1.29 is 0 Å². The van der Waals surface area contributed by atoms with Crippen LogP contribution < -0.4 is 4.90 Å². The van der Waals surface area contributed by atoms with Gasteiger partial charge in [-0.15, -0.1) is 0 Å². The number of nitriles is 1. The van der Waals surface area contributed by atoms with E-state index < -0.39 is 0 Å². The van der Waals surface area contributed by atoms with Crippen molar-refractivity contribution in [3.05, 3.63) is 23.4 Å². The van der Waals surface area contributed by atoms with Crippen LogP contribution in [0.5, 0.6) is 0 Å². The van der Waals surface area contributed by atoms with E-state index in [1.807, 2.05) is 19.1 Å². The monoisotopic (exact) mass is 257 g/mol. The Morgan fingerprint density at radius 1 is 1.32 bits per heavy atom. The lowest BCUT2D eigenvalue weighted by molar-refractivity contribution is 0.351. The van der Waals surface area contributed by atoms with Gasteiger partial charge < -0.3 is 4.90 Å². The van der Waals surface area contributed by atoms with Crippen LogP contribution in [0.25, 0.3) is 0 Å². The van der Waals surface area contributed by atoms with Crippen LogP contribution >= 0.6 is 0 Å². The number of hydrogen-bond acceptors (Lipinski definition) is 3. The van der Waals surface area contributed by atoms with Crippen LogP contribution in [0.3, 0.4) is 0 Å². The van der Waals surface area contributed by atoms with Crippen LogP contribution in [0.15, 0.2) is 12.1 Å². The summed E-state index contributed by atoms with van der Waals surface area (Å²) in [5, 5.41) is 9.06. The van der Waals surface area contributed by atoms with Crippen molar-refractivity contribution >= 4 is 5.82 Å². The van der Waals surface area contributed by atoms with Gasteiger partial charge in [-0.25, -0.2) is 4.98 Å². The third-order valence-electron chi connectivity index (χ3n) is 4.11. The molecule has 0 aliphatic carbocycles. The fourth-order valence-electron chi connectivity index (χ4n) is 2.90. The molecule has 0 radical (unpaired) electrons. The van der Waals surface area contributed by atoms with Crippen LogP contribution in [0.2, 0.25) is 0 Å². The summed E-state index contributed by atoms with van der Waals surface area (Å²) < 4.78 is 0. The van der Waals surface area contributed by atoms with E-state index in [0.29, 0.717) is 5.56 Å². The summed E-state index contributed by atoms with van der Waals surface area (Å²) in [6.45, 7) is 8.71. The molecule has 0 saturated carbocycles. The molecule has 0 bridgehead atoms. The quantitative estimate of drug-likeness (QED) is 0.813. The molecule has 0 spiro atoms. The standard InChI is InChI=1S/C16H23N3/c1-12(2)15-5-4-7-19(8-6-15)16-10-14(11-17)9-13(3)18-16/h9-10,12,15H,4-8H2,1-3H3. The molecular weight excluding hydrogens is 234 g/mol. The predicted octanol–water partition coefficient (Wildman–Crippen LogP) is 3.52. The number of rotatable bonds is 2. The third kappa shape index (κ3) is 3.47. The summed E-state index contributed by atoms with van der Waals surface area (Å²) in [5.41, 5.74) is 1.64. The number of pyridine rings is 1. The van der Waals surface area contributed by atoms with E-state index in [1.54, 1.807) is 0 Å². The second kappa shape index (κ2) is 6.06. The van der Waals surface area contributed by atoms with Gasteiger partial charge in [-0.3, -0.25) is 0 Å². The van der Waals surface area contributed by atoms with E-state index >= 15 is 0 Å². The van der Waals surface area contributed by atoms with Crippen LogP contribution in [-0.4, -0.2) is 18.1 Å². The first kappa shape index (κ1) is 13.9. The Bertz CT molecular complexity index is 473. The van der Waals surface area contributed by atoms with E-state index in [4.69, 9.17) is 5.26 Å². The minimum Gasteiger partial charge on any atom is -0.357 e. The van der Waals surface area contributed by atoms with Gasteiger partial charge in [0.25, 0.3) is 0 Å². The molecule has 2 rings (SSSR count). The van der Waals surface area contributed by atoms with Crippen molar-refractivity contribution in [3.63, 3.8) is 0 Å². The second-order valence-electron chi connectivity index (χ2n) is 5.89. The lowest BCUT2D eigenvalue weighted by Gasteiger charge is -2.23. The number of nitrogens with zero attached hydrogens (tertiary/aromatic N) is 3. The maximum absolute atomic E-state index is 9.06. The zero-order valence-electron chi connectivity index (χ0n) is 12.2. The van der Waals surface area contributed by atoms with Crippen molar-refractivity contribution in [1.82, 2.24) is 4.98 Å². The molecule has 0 amide bonds. The van der Waals surface area contributed by atoms with Gasteiger partial charge in [0, 0.05) is 18.8 Å². The molecule has 1 fully saturated rings. The average molecular weight is 257 g/mol. The second-order valence-corrected chi connectivity index (χ2v) is 5.89. The molecule has 19 heavy (non-hydrogen) atoms. The summed E-state index contributed by atoms with van der Waals surface area (Å²) in [6, 6.07) is 5.99. The van der Waals surface area contributed by atoms with Gasteiger partial charge in [-0.05, 0) is 50.2 Å². The topological polar surface area (TPSA) is 39.9 Å². The Morgan fingerprint density at radius 3 is 2.79 bits per heavy atom. The first-order valence-electron chi connectivity index (χ1n) is 7.24. The van der Waals surface area contributed by atoms with Gasteiger partial charge in [-0.2, -0.15) is 5.26 Å². The molecule has 3 nitrogen and oxygen atoms in total. The van der Waals surface area contributed by atoms with Gasteiger partial charge in [0.2, 0.25) is 0 Å². The van der Waals surface area contributed by atoms with E-state index in [0.717, 1.165) is 36.4 Å². The lowest BCUT2D eigenvalue weighted by atomic mass is 9.89. The maximum atomic E-state index is 9.06. The molecule has 1 aromatic heterocycles. The van der Waals surface area contributed by atoms with Gasteiger partial charge >= 0.3 is 0 Å². The number of aryl methyl sites for hydroxylation is 1. The molecular formula is C16H23N3. The highest BCUT2D eigenvalue weighted by molar-refractivity contribution is 5.46. The molecule has 1 aliphatic heterocycles. The lowest BCUT2D eigenvalue weighted by Crippen LogP contribution is -2.25. The fourth-order valence-corrected chi connectivity index (χ4v) is 2.90. The number of anilines is 1. The van der Waals surface area contributed by atoms with E-state index in [2.05, 4.69) is 29.8 Å². The van der Waals surface area contributed by atoms with E-state index in [9.17, 15) is 0 Å². The molecule has 1 aromatic rings. The molecule has 2 heterocycles. The van der Waals surface area contributed by atoms with Crippen molar-refractivity contribution in [2.24, 2.45) is 11.8 Å². The molecule has 102 valence electrons. The Balaban J connectivity index is 2.14. The van der Waals surface area contributed by atoms with Crippen molar-refractivity contribution in [1.29, 1.82) is 5.26 Å². The average Bonchev–Trinajstić information content (AvgIpc) is 2.63. The van der Waals surface area contributed by atoms with E-state index in [1.165, 1.54) is 19.3 Å². The zero-order valence-corrected chi connectivity index (χ0v) is 12.2. The predicted molar refractivity (Wildman–Crippen MR) is 78.1 cm³/mol.